The van der Waals surface area contributed by atoms with E-state index in [1.165, 1.54) is 4.31 Å². The van der Waals surface area contributed by atoms with E-state index < -0.39 is 15.9 Å². The number of piperidine rings is 1. The maximum atomic E-state index is 12.8. The molecule has 0 saturated carbocycles. The highest BCUT2D eigenvalue weighted by Gasteiger charge is 2.33. The van der Waals surface area contributed by atoms with Crippen LogP contribution in [0.15, 0.2) is 59.5 Å². The van der Waals surface area contributed by atoms with Crippen LogP contribution in [0.1, 0.15) is 18.4 Å². The van der Waals surface area contributed by atoms with Gasteiger partial charge in [0, 0.05) is 18.8 Å². The number of carbonyl (C=O) groups excluding carboxylic acids is 1. The number of hydrogen-bond acceptors (Lipinski definition) is 4. The molecule has 1 atom stereocenters. The van der Waals surface area contributed by atoms with Gasteiger partial charge in [-0.1, -0.05) is 30.3 Å². The van der Waals surface area contributed by atoms with Gasteiger partial charge in [-0.2, -0.15) is 9.57 Å². The summed E-state index contributed by atoms with van der Waals surface area (Å²) in [4.78, 5) is 12.9. The van der Waals surface area contributed by atoms with Crippen molar-refractivity contribution in [3.8, 4) is 6.07 Å². The molecule has 1 fully saturated rings. The molecule has 6 nitrogen and oxygen atoms in total. The van der Waals surface area contributed by atoms with E-state index in [1.807, 2.05) is 0 Å². The van der Waals surface area contributed by atoms with Crippen LogP contribution in [0, 0.1) is 17.2 Å². The van der Waals surface area contributed by atoms with Gasteiger partial charge in [0.25, 0.3) is 0 Å². The van der Waals surface area contributed by atoms with Gasteiger partial charge in [-0.05, 0) is 42.7 Å². The molecule has 1 aliphatic rings. The van der Waals surface area contributed by atoms with Gasteiger partial charge in [0.1, 0.15) is 0 Å². The topological polar surface area (TPSA) is 90.3 Å². The van der Waals surface area contributed by atoms with Crippen LogP contribution in [0.25, 0.3) is 0 Å². The van der Waals surface area contributed by atoms with E-state index in [0.717, 1.165) is 5.56 Å². The summed E-state index contributed by atoms with van der Waals surface area (Å²) in [6.45, 7) is 0.597. The highest BCUT2D eigenvalue weighted by molar-refractivity contribution is 7.89. The van der Waals surface area contributed by atoms with E-state index in [2.05, 4.69) is 11.4 Å². The van der Waals surface area contributed by atoms with Crippen LogP contribution in [-0.2, 0) is 21.2 Å². The summed E-state index contributed by atoms with van der Waals surface area (Å²) in [6, 6.07) is 17.5. The van der Waals surface area contributed by atoms with Crippen molar-refractivity contribution in [1.82, 2.24) is 4.31 Å². The second-order valence-electron chi connectivity index (χ2n) is 6.54. The number of sulfonamides is 1. The van der Waals surface area contributed by atoms with Crippen molar-refractivity contribution in [2.45, 2.75) is 24.2 Å². The Morgan fingerprint density at radius 1 is 1.15 bits per heavy atom. The molecule has 0 aromatic heterocycles. The number of nitriles is 1. The summed E-state index contributed by atoms with van der Waals surface area (Å²) in [5, 5.41) is 11.6. The van der Waals surface area contributed by atoms with Crippen molar-refractivity contribution >= 4 is 21.6 Å². The van der Waals surface area contributed by atoms with E-state index in [-0.39, 0.29) is 17.3 Å². The Labute approximate surface area is 159 Å². The van der Waals surface area contributed by atoms with Gasteiger partial charge in [0.05, 0.1) is 23.3 Å². The minimum absolute atomic E-state index is 0.176. The van der Waals surface area contributed by atoms with E-state index in [9.17, 15) is 13.2 Å². The Bertz CT molecular complexity index is 935. The van der Waals surface area contributed by atoms with Crippen LogP contribution >= 0.6 is 0 Å². The molecular weight excluding hydrogens is 362 g/mol. The van der Waals surface area contributed by atoms with Crippen molar-refractivity contribution in [2.24, 2.45) is 5.92 Å². The number of nitrogens with one attached hydrogen (secondary N) is 1. The molecular formula is C20H21N3O3S. The molecule has 2 aromatic carbocycles. The smallest absolute Gasteiger partial charge is 0.243 e. The first kappa shape index (κ1) is 19.1. The monoisotopic (exact) mass is 383 g/mol. The van der Waals surface area contributed by atoms with Crippen LogP contribution in [0.3, 0.4) is 0 Å². The normalized spacial score (nSPS) is 17.8. The molecule has 7 heteroatoms. The molecule has 1 unspecified atom stereocenters. The zero-order valence-electron chi connectivity index (χ0n) is 14.8. The second-order valence-corrected chi connectivity index (χ2v) is 8.47. The molecule has 1 saturated heterocycles. The first-order chi connectivity index (χ1) is 13.0. The van der Waals surface area contributed by atoms with Gasteiger partial charge in [-0.25, -0.2) is 8.42 Å². The predicted molar refractivity (Wildman–Crippen MR) is 102 cm³/mol. The number of carbonyl (C=O) groups is 1. The highest BCUT2D eigenvalue weighted by atomic mass is 32.2. The number of anilines is 1. The number of hydrogen-bond donors (Lipinski definition) is 1. The third-order valence-corrected chi connectivity index (χ3v) is 6.52. The van der Waals surface area contributed by atoms with Crippen LogP contribution in [0.4, 0.5) is 5.69 Å². The van der Waals surface area contributed by atoms with E-state index >= 15 is 0 Å². The SMILES string of the molecule is N#CCc1ccc(NC(=O)C2CCCN(S(=O)(=O)c3ccccc3)C2)cc1. The molecule has 140 valence electrons. The molecule has 0 bridgehead atoms. The lowest BCUT2D eigenvalue weighted by molar-refractivity contribution is -0.120. The minimum Gasteiger partial charge on any atom is -0.326 e. The maximum Gasteiger partial charge on any atom is 0.243 e. The molecule has 0 aliphatic carbocycles. The third kappa shape index (κ3) is 4.54. The van der Waals surface area contributed by atoms with Crippen molar-refractivity contribution in [1.29, 1.82) is 5.26 Å². The van der Waals surface area contributed by atoms with E-state index in [0.29, 0.717) is 31.5 Å². The Morgan fingerprint density at radius 2 is 1.85 bits per heavy atom. The standard InChI is InChI=1S/C20H21N3O3S/c21-13-12-16-8-10-18(11-9-16)22-20(24)17-5-4-14-23(15-17)27(25,26)19-6-2-1-3-7-19/h1-3,6-11,17H,4-5,12,14-15H2,(H,22,24). The minimum atomic E-state index is -3.59. The van der Waals surface area contributed by atoms with Crippen molar-refractivity contribution in [2.75, 3.05) is 18.4 Å². The molecule has 0 spiro atoms. The lowest BCUT2D eigenvalue weighted by atomic mass is 9.98. The van der Waals surface area contributed by atoms with Crippen molar-refractivity contribution in [3.05, 3.63) is 60.2 Å². The quantitative estimate of drug-likeness (QED) is 0.860. The second kappa shape index (κ2) is 8.33. The van der Waals surface area contributed by atoms with Crippen LogP contribution in [0.2, 0.25) is 0 Å². The van der Waals surface area contributed by atoms with Gasteiger partial charge in [0.2, 0.25) is 15.9 Å². The van der Waals surface area contributed by atoms with Crippen LogP contribution in [0.5, 0.6) is 0 Å². The molecule has 0 radical (unpaired) electrons. The molecule has 27 heavy (non-hydrogen) atoms. The summed E-state index contributed by atoms with van der Waals surface area (Å²) in [5.41, 5.74) is 1.53. The van der Waals surface area contributed by atoms with Crippen molar-refractivity contribution < 1.29 is 13.2 Å². The van der Waals surface area contributed by atoms with Gasteiger partial charge in [0.15, 0.2) is 0 Å². The zero-order valence-corrected chi connectivity index (χ0v) is 15.7. The average Bonchev–Trinajstić information content (AvgIpc) is 2.70. The fourth-order valence-corrected chi connectivity index (χ4v) is 4.70. The summed E-state index contributed by atoms with van der Waals surface area (Å²) in [5.74, 6) is -0.577. The Hall–Kier alpha value is -2.69. The zero-order chi connectivity index (χ0) is 19.3. The number of nitrogens with zero attached hydrogens (tertiary/aromatic N) is 2. The van der Waals surface area contributed by atoms with Gasteiger partial charge in [-0.3, -0.25) is 4.79 Å². The molecule has 3 rings (SSSR count). The number of benzene rings is 2. The lowest BCUT2D eigenvalue weighted by Crippen LogP contribution is -2.43. The summed E-state index contributed by atoms with van der Waals surface area (Å²) in [6.07, 6.45) is 1.62. The molecule has 1 heterocycles. The van der Waals surface area contributed by atoms with E-state index in [4.69, 9.17) is 5.26 Å². The number of rotatable bonds is 5. The van der Waals surface area contributed by atoms with Gasteiger partial charge >= 0.3 is 0 Å². The molecule has 1 aliphatic heterocycles. The molecule has 1 N–H and O–H groups in total. The largest absolute Gasteiger partial charge is 0.326 e. The fourth-order valence-electron chi connectivity index (χ4n) is 3.16. The predicted octanol–water partition coefficient (Wildman–Crippen LogP) is 2.79. The summed E-state index contributed by atoms with van der Waals surface area (Å²) in [7, 11) is -3.59. The molecule has 2 aromatic rings. The highest BCUT2D eigenvalue weighted by Crippen LogP contribution is 2.24. The van der Waals surface area contributed by atoms with Crippen LogP contribution in [-0.4, -0.2) is 31.7 Å². The Kier molecular flexibility index (Phi) is 5.89. The maximum absolute atomic E-state index is 12.8. The fraction of sp³-hybridized carbons (Fsp3) is 0.300. The van der Waals surface area contributed by atoms with Crippen molar-refractivity contribution in [3.63, 3.8) is 0 Å². The third-order valence-electron chi connectivity index (χ3n) is 4.64. The number of amides is 1. The molecule has 1 amide bonds. The first-order valence-electron chi connectivity index (χ1n) is 8.82. The average molecular weight is 383 g/mol. The summed E-state index contributed by atoms with van der Waals surface area (Å²) >= 11 is 0. The lowest BCUT2D eigenvalue weighted by Gasteiger charge is -2.31. The Morgan fingerprint density at radius 3 is 2.52 bits per heavy atom. The van der Waals surface area contributed by atoms with Gasteiger partial charge < -0.3 is 5.32 Å². The van der Waals surface area contributed by atoms with E-state index in [1.54, 1.807) is 54.6 Å². The summed E-state index contributed by atoms with van der Waals surface area (Å²) < 4.78 is 27.0. The Balaban J connectivity index is 1.67. The first-order valence-corrected chi connectivity index (χ1v) is 10.3. The van der Waals surface area contributed by atoms with Gasteiger partial charge in [-0.15, -0.1) is 0 Å². The van der Waals surface area contributed by atoms with Crippen LogP contribution < -0.4 is 5.32 Å².